The molecule has 0 aromatic rings. The molecule has 0 spiro atoms. The van der Waals surface area contributed by atoms with Crippen LogP contribution in [0.4, 0.5) is 0 Å². The first-order chi connectivity index (χ1) is 5.34. The van der Waals surface area contributed by atoms with Crippen LogP contribution in [-0.4, -0.2) is 31.6 Å². The second kappa shape index (κ2) is 4.46. The minimum absolute atomic E-state index is 0.177. The summed E-state index contributed by atoms with van der Waals surface area (Å²) in [7, 11) is 0. The first-order valence-electron chi connectivity index (χ1n) is 4.19. The summed E-state index contributed by atoms with van der Waals surface area (Å²) in [5, 5.41) is 3.13. The van der Waals surface area contributed by atoms with Gasteiger partial charge in [0.25, 0.3) is 0 Å². The number of piperidine rings is 1. The molecule has 11 heavy (non-hydrogen) atoms. The monoisotopic (exact) mass is 157 g/mol. The molecule has 1 rings (SSSR count). The molecule has 1 fully saturated rings. The molecule has 0 aromatic carbocycles. The minimum atomic E-state index is -0.177. The Morgan fingerprint density at radius 1 is 1.73 bits per heavy atom. The highest BCUT2D eigenvalue weighted by atomic mass is 16.5. The predicted molar refractivity (Wildman–Crippen MR) is 42.5 cm³/mol. The molecule has 1 unspecified atom stereocenters. The van der Waals surface area contributed by atoms with Gasteiger partial charge in [0.2, 0.25) is 0 Å². The molecule has 0 bridgehead atoms. The van der Waals surface area contributed by atoms with Crippen LogP contribution in [-0.2, 0) is 9.53 Å². The van der Waals surface area contributed by atoms with E-state index in [0.717, 1.165) is 13.0 Å². The number of nitrogens with one attached hydrogen (secondary N) is 1. The zero-order valence-electron chi connectivity index (χ0n) is 6.93. The summed E-state index contributed by atoms with van der Waals surface area (Å²) < 4.78 is 5.33. The van der Waals surface area contributed by atoms with E-state index >= 15 is 0 Å². The van der Waals surface area contributed by atoms with Crippen molar-refractivity contribution in [2.45, 2.75) is 25.9 Å². The van der Waals surface area contributed by atoms with E-state index in [2.05, 4.69) is 5.32 Å². The van der Waals surface area contributed by atoms with Gasteiger partial charge in [0.05, 0.1) is 0 Å². The predicted octanol–water partition coefficient (Wildman–Crippen LogP) is 0.344. The summed E-state index contributed by atoms with van der Waals surface area (Å²) >= 11 is 0. The number of Topliss-reactive ketones (excluding diaryl/α,β-unsaturated/α-hetero) is 1. The molecule has 1 atom stereocenters. The van der Waals surface area contributed by atoms with Crippen molar-refractivity contribution in [1.82, 2.24) is 5.32 Å². The van der Waals surface area contributed by atoms with Crippen LogP contribution in [0.15, 0.2) is 0 Å². The highest BCUT2D eigenvalue weighted by Crippen LogP contribution is 2.01. The van der Waals surface area contributed by atoms with Crippen molar-refractivity contribution in [3.8, 4) is 0 Å². The normalized spacial score (nSPS) is 25.5. The highest BCUT2D eigenvalue weighted by Gasteiger charge is 2.21. The number of hydrogen-bond donors (Lipinski definition) is 1. The topological polar surface area (TPSA) is 38.3 Å². The average molecular weight is 157 g/mol. The van der Waals surface area contributed by atoms with Gasteiger partial charge in [-0.25, -0.2) is 0 Å². The summed E-state index contributed by atoms with van der Waals surface area (Å²) in [6.45, 7) is 4.24. The van der Waals surface area contributed by atoms with Crippen molar-refractivity contribution >= 4 is 5.78 Å². The standard InChI is InChI=1S/C8H15NO2/c1-2-5-11-8-6-9-4-3-7(8)10/h8-9H,2-6H2,1H3. The highest BCUT2D eigenvalue weighted by molar-refractivity contribution is 5.84. The van der Waals surface area contributed by atoms with Gasteiger partial charge in [-0.3, -0.25) is 4.79 Å². The minimum Gasteiger partial charge on any atom is -0.369 e. The van der Waals surface area contributed by atoms with Gasteiger partial charge in [-0.15, -0.1) is 0 Å². The van der Waals surface area contributed by atoms with E-state index < -0.39 is 0 Å². The molecule has 0 aromatic heterocycles. The largest absolute Gasteiger partial charge is 0.369 e. The molecule has 64 valence electrons. The summed E-state index contributed by atoms with van der Waals surface area (Å²) in [5.74, 6) is 0.247. The number of ketones is 1. The van der Waals surface area contributed by atoms with Gasteiger partial charge in [-0.1, -0.05) is 6.92 Å². The van der Waals surface area contributed by atoms with Gasteiger partial charge in [0, 0.05) is 26.1 Å². The Hall–Kier alpha value is -0.410. The maximum absolute atomic E-state index is 11.1. The van der Waals surface area contributed by atoms with Gasteiger partial charge >= 0.3 is 0 Å². The molecular weight excluding hydrogens is 142 g/mol. The van der Waals surface area contributed by atoms with Crippen LogP contribution in [0.25, 0.3) is 0 Å². The van der Waals surface area contributed by atoms with E-state index in [1.54, 1.807) is 0 Å². The van der Waals surface area contributed by atoms with E-state index in [4.69, 9.17) is 4.74 Å². The lowest BCUT2D eigenvalue weighted by atomic mass is 10.1. The van der Waals surface area contributed by atoms with Gasteiger partial charge in [-0.05, 0) is 6.42 Å². The number of hydrogen-bond acceptors (Lipinski definition) is 3. The summed E-state index contributed by atoms with van der Waals surface area (Å²) in [6, 6.07) is 0. The Morgan fingerprint density at radius 3 is 3.18 bits per heavy atom. The van der Waals surface area contributed by atoms with Crippen LogP contribution in [0.2, 0.25) is 0 Å². The second-order valence-corrected chi connectivity index (χ2v) is 2.78. The van der Waals surface area contributed by atoms with Crippen LogP contribution < -0.4 is 5.32 Å². The van der Waals surface area contributed by atoms with E-state index in [1.807, 2.05) is 6.92 Å². The van der Waals surface area contributed by atoms with Crippen molar-refractivity contribution in [2.75, 3.05) is 19.7 Å². The van der Waals surface area contributed by atoms with E-state index in [-0.39, 0.29) is 11.9 Å². The molecule has 0 amide bonds. The van der Waals surface area contributed by atoms with Crippen LogP contribution in [0.5, 0.6) is 0 Å². The fourth-order valence-corrected chi connectivity index (χ4v) is 1.13. The lowest BCUT2D eigenvalue weighted by molar-refractivity contribution is -0.132. The third-order valence-electron chi connectivity index (χ3n) is 1.76. The van der Waals surface area contributed by atoms with Crippen molar-refractivity contribution in [1.29, 1.82) is 0 Å². The van der Waals surface area contributed by atoms with Gasteiger partial charge in [-0.2, -0.15) is 0 Å². The van der Waals surface area contributed by atoms with Gasteiger partial charge in [0.15, 0.2) is 5.78 Å². The smallest absolute Gasteiger partial charge is 0.164 e. The zero-order chi connectivity index (χ0) is 8.10. The lowest BCUT2D eigenvalue weighted by Gasteiger charge is -2.21. The Balaban J connectivity index is 2.24. The molecule has 3 heteroatoms. The van der Waals surface area contributed by atoms with Crippen molar-refractivity contribution in [3.05, 3.63) is 0 Å². The van der Waals surface area contributed by atoms with Crippen molar-refractivity contribution < 1.29 is 9.53 Å². The molecule has 1 N–H and O–H groups in total. The van der Waals surface area contributed by atoms with Crippen molar-refractivity contribution in [2.24, 2.45) is 0 Å². The van der Waals surface area contributed by atoms with Gasteiger partial charge in [0.1, 0.15) is 6.10 Å². The lowest BCUT2D eigenvalue weighted by Crippen LogP contribution is -2.42. The molecule has 1 aliphatic heterocycles. The number of carbonyl (C=O) groups is 1. The maximum Gasteiger partial charge on any atom is 0.164 e. The number of rotatable bonds is 3. The van der Waals surface area contributed by atoms with Crippen LogP contribution in [0.3, 0.4) is 0 Å². The Labute approximate surface area is 67.1 Å². The Kier molecular flexibility index (Phi) is 3.52. The molecule has 0 aliphatic carbocycles. The quantitative estimate of drug-likeness (QED) is 0.642. The molecule has 1 aliphatic rings. The SMILES string of the molecule is CCCOC1CNCCC1=O. The molecule has 0 saturated carbocycles. The summed E-state index contributed by atoms with van der Waals surface area (Å²) in [4.78, 5) is 11.1. The zero-order valence-corrected chi connectivity index (χ0v) is 6.93. The third-order valence-corrected chi connectivity index (χ3v) is 1.76. The number of carbonyl (C=O) groups excluding carboxylic acids is 1. The maximum atomic E-state index is 11.1. The Bertz CT molecular complexity index is 136. The van der Waals surface area contributed by atoms with Crippen LogP contribution in [0, 0.1) is 0 Å². The number of ether oxygens (including phenoxy) is 1. The first-order valence-corrected chi connectivity index (χ1v) is 4.19. The molecular formula is C8H15NO2. The fraction of sp³-hybridized carbons (Fsp3) is 0.875. The van der Waals surface area contributed by atoms with E-state index in [0.29, 0.717) is 19.6 Å². The van der Waals surface area contributed by atoms with Gasteiger partial charge < -0.3 is 10.1 Å². The van der Waals surface area contributed by atoms with E-state index in [1.165, 1.54) is 0 Å². The first kappa shape index (κ1) is 8.68. The third kappa shape index (κ3) is 2.60. The molecule has 3 nitrogen and oxygen atoms in total. The Morgan fingerprint density at radius 2 is 2.55 bits per heavy atom. The fourth-order valence-electron chi connectivity index (χ4n) is 1.13. The van der Waals surface area contributed by atoms with Crippen LogP contribution in [0.1, 0.15) is 19.8 Å². The summed E-state index contributed by atoms with van der Waals surface area (Å²) in [5.41, 5.74) is 0. The molecule has 1 heterocycles. The molecule has 0 radical (unpaired) electrons. The second-order valence-electron chi connectivity index (χ2n) is 2.78. The van der Waals surface area contributed by atoms with Crippen molar-refractivity contribution in [3.63, 3.8) is 0 Å². The van der Waals surface area contributed by atoms with Crippen LogP contribution >= 0.6 is 0 Å². The molecule has 1 saturated heterocycles. The summed E-state index contributed by atoms with van der Waals surface area (Å²) in [6.07, 6.45) is 1.42. The average Bonchev–Trinajstić information content (AvgIpc) is 2.03. The van der Waals surface area contributed by atoms with E-state index in [9.17, 15) is 4.79 Å².